The Morgan fingerprint density at radius 2 is 2.27 bits per heavy atom. The van der Waals surface area contributed by atoms with Crippen LogP contribution in [-0.4, -0.2) is 20.8 Å². The first-order valence-electron chi connectivity index (χ1n) is 5.63. The molecule has 2 aliphatic rings. The van der Waals surface area contributed by atoms with E-state index in [4.69, 9.17) is 0 Å². The van der Waals surface area contributed by atoms with Gasteiger partial charge in [-0.2, -0.15) is 0 Å². The maximum absolute atomic E-state index is 11.9. The number of nitrogens with zero attached hydrogens (tertiary/aromatic N) is 3. The molecule has 0 radical (unpaired) electrons. The summed E-state index contributed by atoms with van der Waals surface area (Å²) in [6, 6.07) is 0. The third-order valence-electron chi connectivity index (χ3n) is 3.78. The van der Waals surface area contributed by atoms with E-state index >= 15 is 0 Å². The van der Waals surface area contributed by atoms with Crippen LogP contribution in [0.15, 0.2) is 6.20 Å². The highest BCUT2D eigenvalue weighted by Gasteiger charge is 2.55. The van der Waals surface area contributed by atoms with E-state index in [0.29, 0.717) is 30.0 Å². The van der Waals surface area contributed by atoms with Crippen molar-refractivity contribution in [3.8, 4) is 0 Å². The number of rotatable bonds is 3. The molecule has 4 heteroatoms. The predicted molar refractivity (Wildman–Crippen MR) is 54.0 cm³/mol. The molecule has 2 atom stereocenters. The topological polar surface area (TPSA) is 47.8 Å². The van der Waals surface area contributed by atoms with Crippen molar-refractivity contribution in [3.63, 3.8) is 0 Å². The lowest BCUT2D eigenvalue weighted by atomic mass is 10.0. The van der Waals surface area contributed by atoms with Gasteiger partial charge in [-0.1, -0.05) is 11.6 Å². The van der Waals surface area contributed by atoms with Gasteiger partial charge in [-0.3, -0.25) is 9.48 Å². The number of carbonyl (C=O) groups excluding carboxylic acids is 1. The molecule has 0 amide bonds. The smallest absolute Gasteiger partial charge is 0.142 e. The number of carbonyl (C=O) groups is 1. The molecule has 2 aliphatic carbocycles. The zero-order chi connectivity index (χ0) is 10.4. The molecule has 2 saturated carbocycles. The van der Waals surface area contributed by atoms with Crippen LogP contribution < -0.4 is 0 Å². The summed E-state index contributed by atoms with van der Waals surface area (Å²) in [6.07, 6.45) is 6.16. The molecule has 0 spiro atoms. The molecule has 0 aliphatic heterocycles. The molecular formula is C11H15N3O. The number of aromatic nitrogens is 3. The summed E-state index contributed by atoms with van der Waals surface area (Å²) in [5.41, 5.74) is 0.812. The minimum absolute atomic E-state index is 0.362. The van der Waals surface area contributed by atoms with Gasteiger partial charge in [0.05, 0.1) is 12.1 Å². The zero-order valence-electron chi connectivity index (χ0n) is 8.89. The maximum atomic E-state index is 11.9. The van der Waals surface area contributed by atoms with E-state index in [2.05, 4.69) is 10.3 Å². The van der Waals surface area contributed by atoms with Crippen LogP contribution in [0.2, 0.25) is 0 Å². The molecule has 2 unspecified atom stereocenters. The SMILES string of the molecule is Cn1cc(CC(=O)C2C3CCCC32)nn1. The van der Waals surface area contributed by atoms with Crippen LogP contribution in [0, 0.1) is 17.8 Å². The fourth-order valence-electron chi connectivity index (χ4n) is 3.07. The van der Waals surface area contributed by atoms with Gasteiger partial charge in [0.2, 0.25) is 0 Å². The molecule has 0 aromatic carbocycles. The van der Waals surface area contributed by atoms with Gasteiger partial charge in [0.1, 0.15) is 5.78 Å². The monoisotopic (exact) mass is 205 g/mol. The van der Waals surface area contributed by atoms with Gasteiger partial charge in [-0.15, -0.1) is 5.10 Å². The van der Waals surface area contributed by atoms with Crippen LogP contribution in [0.3, 0.4) is 0 Å². The van der Waals surface area contributed by atoms with Gasteiger partial charge in [-0.25, -0.2) is 0 Å². The molecule has 1 aromatic heterocycles. The molecule has 3 rings (SSSR count). The van der Waals surface area contributed by atoms with Crippen LogP contribution in [0.4, 0.5) is 0 Å². The molecule has 15 heavy (non-hydrogen) atoms. The van der Waals surface area contributed by atoms with E-state index in [1.54, 1.807) is 4.68 Å². The van der Waals surface area contributed by atoms with Crippen molar-refractivity contribution in [2.75, 3.05) is 0 Å². The Bertz CT molecular complexity index is 388. The molecule has 0 saturated heterocycles. The molecule has 0 bridgehead atoms. The third kappa shape index (κ3) is 1.48. The van der Waals surface area contributed by atoms with E-state index in [0.717, 1.165) is 5.69 Å². The standard InChI is InChI=1S/C11H15N3O/c1-14-6-7(12-13-14)5-10(15)11-8-3-2-4-9(8)11/h6,8-9,11H,2-5H2,1H3. The molecule has 1 heterocycles. The van der Waals surface area contributed by atoms with Gasteiger partial charge in [0, 0.05) is 19.2 Å². The highest BCUT2D eigenvalue weighted by molar-refractivity contribution is 5.86. The second-order valence-corrected chi connectivity index (χ2v) is 4.81. The van der Waals surface area contributed by atoms with Crippen LogP contribution in [0.25, 0.3) is 0 Å². The normalized spacial score (nSPS) is 32.7. The highest BCUT2D eigenvalue weighted by Crippen LogP contribution is 2.57. The molecule has 0 N–H and O–H groups in total. The summed E-state index contributed by atoms with van der Waals surface area (Å²) in [6.45, 7) is 0. The lowest BCUT2D eigenvalue weighted by Gasteiger charge is -1.99. The lowest BCUT2D eigenvalue weighted by molar-refractivity contribution is -0.120. The highest BCUT2D eigenvalue weighted by atomic mass is 16.1. The summed E-state index contributed by atoms with van der Waals surface area (Å²) in [7, 11) is 1.83. The summed E-state index contributed by atoms with van der Waals surface area (Å²) < 4.78 is 1.65. The van der Waals surface area contributed by atoms with Crippen molar-refractivity contribution in [1.82, 2.24) is 15.0 Å². The van der Waals surface area contributed by atoms with Crippen LogP contribution in [0.5, 0.6) is 0 Å². The first kappa shape index (κ1) is 9.07. The average molecular weight is 205 g/mol. The van der Waals surface area contributed by atoms with E-state index in [1.807, 2.05) is 13.2 Å². The summed E-state index contributed by atoms with van der Waals surface area (Å²) in [5.74, 6) is 2.18. The fourth-order valence-corrected chi connectivity index (χ4v) is 3.07. The number of aryl methyl sites for hydroxylation is 1. The number of ketones is 1. The Balaban J connectivity index is 1.63. The number of Topliss-reactive ketones (excluding diaryl/α,β-unsaturated/α-hetero) is 1. The van der Waals surface area contributed by atoms with Crippen molar-refractivity contribution in [2.24, 2.45) is 24.8 Å². The summed E-state index contributed by atoms with van der Waals surface area (Å²) >= 11 is 0. The minimum atomic E-state index is 0.362. The van der Waals surface area contributed by atoms with E-state index in [1.165, 1.54) is 19.3 Å². The van der Waals surface area contributed by atoms with Crippen molar-refractivity contribution < 1.29 is 4.79 Å². The van der Waals surface area contributed by atoms with Crippen molar-refractivity contribution in [2.45, 2.75) is 25.7 Å². The van der Waals surface area contributed by atoms with Gasteiger partial charge in [0.15, 0.2) is 0 Å². The second kappa shape index (κ2) is 3.15. The molecule has 1 aromatic rings. The van der Waals surface area contributed by atoms with Crippen LogP contribution in [-0.2, 0) is 18.3 Å². The maximum Gasteiger partial charge on any atom is 0.142 e. The minimum Gasteiger partial charge on any atom is -0.299 e. The van der Waals surface area contributed by atoms with E-state index < -0.39 is 0 Å². The first-order chi connectivity index (χ1) is 7.25. The van der Waals surface area contributed by atoms with Gasteiger partial charge < -0.3 is 0 Å². The fraction of sp³-hybridized carbons (Fsp3) is 0.727. The summed E-state index contributed by atoms with van der Waals surface area (Å²) in [4.78, 5) is 11.9. The van der Waals surface area contributed by atoms with Crippen molar-refractivity contribution in [1.29, 1.82) is 0 Å². The lowest BCUT2D eigenvalue weighted by Crippen LogP contribution is -2.09. The largest absolute Gasteiger partial charge is 0.299 e. The molecule has 4 nitrogen and oxygen atoms in total. The van der Waals surface area contributed by atoms with Gasteiger partial charge in [0.25, 0.3) is 0 Å². The summed E-state index contributed by atoms with van der Waals surface area (Å²) in [5, 5.41) is 7.79. The van der Waals surface area contributed by atoms with Gasteiger partial charge >= 0.3 is 0 Å². The number of hydrogen-bond acceptors (Lipinski definition) is 3. The number of fused-ring (bicyclic) bond motifs is 1. The predicted octanol–water partition coefficient (Wildman–Crippen LogP) is 0.973. The Kier molecular flexibility index (Phi) is 1.90. The van der Waals surface area contributed by atoms with Gasteiger partial charge in [-0.05, 0) is 24.7 Å². The van der Waals surface area contributed by atoms with Crippen LogP contribution in [0.1, 0.15) is 25.0 Å². The Hall–Kier alpha value is -1.19. The zero-order valence-corrected chi connectivity index (χ0v) is 8.89. The molecular weight excluding hydrogens is 190 g/mol. The Morgan fingerprint density at radius 3 is 2.87 bits per heavy atom. The molecule has 80 valence electrons. The third-order valence-corrected chi connectivity index (χ3v) is 3.78. The quantitative estimate of drug-likeness (QED) is 0.738. The molecule has 2 fully saturated rings. The average Bonchev–Trinajstić information content (AvgIpc) is 2.60. The van der Waals surface area contributed by atoms with Crippen molar-refractivity contribution >= 4 is 5.78 Å². The Morgan fingerprint density at radius 1 is 1.53 bits per heavy atom. The Labute approximate surface area is 88.7 Å². The van der Waals surface area contributed by atoms with E-state index in [9.17, 15) is 4.79 Å². The van der Waals surface area contributed by atoms with Crippen LogP contribution >= 0.6 is 0 Å². The number of hydrogen-bond donors (Lipinski definition) is 0. The van der Waals surface area contributed by atoms with Crippen molar-refractivity contribution in [3.05, 3.63) is 11.9 Å². The van der Waals surface area contributed by atoms with E-state index in [-0.39, 0.29) is 0 Å². The first-order valence-corrected chi connectivity index (χ1v) is 5.63. The second-order valence-electron chi connectivity index (χ2n) is 4.81.